The second-order valence-corrected chi connectivity index (χ2v) is 7.38. The Bertz CT molecular complexity index is 583. The second-order valence-electron chi connectivity index (χ2n) is 7.38. The first-order valence-corrected chi connectivity index (χ1v) is 9.63. The van der Waals surface area contributed by atoms with Crippen LogP contribution in [0.3, 0.4) is 0 Å². The number of likely N-dealkylation sites (tertiary alicyclic amines) is 1. The summed E-state index contributed by atoms with van der Waals surface area (Å²) in [5.74, 6) is 1.62. The number of rotatable bonds is 6. The minimum absolute atomic E-state index is 0. The molecule has 0 aliphatic carbocycles. The SMILES string of the molecule is CCN1CCCC(CNC(=NC)NC(C)Cc2c(C)nn(C)c2C)C1.I. The molecule has 7 heteroatoms. The van der Waals surface area contributed by atoms with Crippen molar-refractivity contribution in [1.29, 1.82) is 0 Å². The molecule has 2 unspecified atom stereocenters. The highest BCUT2D eigenvalue weighted by Crippen LogP contribution is 2.16. The Morgan fingerprint density at radius 1 is 1.38 bits per heavy atom. The molecular weight excluding hydrogens is 439 g/mol. The smallest absolute Gasteiger partial charge is 0.191 e. The molecule has 26 heavy (non-hydrogen) atoms. The van der Waals surface area contributed by atoms with Crippen LogP contribution >= 0.6 is 24.0 Å². The lowest BCUT2D eigenvalue weighted by molar-refractivity contribution is 0.183. The Morgan fingerprint density at radius 2 is 2.12 bits per heavy atom. The molecule has 0 saturated carbocycles. The van der Waals surface area contributed by atoms with Gasteiger partial charge in [-0.25, -0.2) is 0 Å². The Balaban J connectivity index is 0.00000338. The Labute approximate surface area is 176 Å². The van der Waals surface area contributed by atoms with Gasteiger partial charge >= 0.3 is 0 Å². The minimum atomic E-state index is 0. The highest BCUT2D eigenvalue weighted by Gasteiger charge is 2.19. The first-order valence-electron chi connectivity index (χ1n) is 9.63. The van der Waals surface area contributed by atoms with Crippen molar-refractivity contribution < 1.29 is 0 Å². The van der Waals surface area contributed by atoms with Gasteiger partial charge in [-0.05, 0) is 64.6 Å². The lowest BCUT2D eigenvalue weighted by atomic mass is 9.98. The van der Waals surface area contributed by atoms with Crippen molar-refractivity contribution in [2.45, 2.75) is 53.0 Å². The molecular formula is C19H37IN6. The van der Waals surface area contributed by atoms with Crippen LogP contribution in [-0.2, 0) is 13.5 Å². The normalized spacial score (nSPS) is 19.8. The van der Waals surface area contributed by atoms with Crippen molar-refractivity contribution in [3.8, 4) is 0 Å². The van der Waals surface area contributed by atoms with Gasteiger partial charge in [0.05, 0.1) is 5.69 Å². The van der Waals surface area contributed by atoms with E-state index < -0.39 is 0 Å². The maximum absolute atomic E-state index is 4.51. The summed E-state index contributed by atoms with van der Waals surface area (Å²) in [7, 11) is 3.86. The van der Waals surface area contributed by atoms with Crippen LogP contribution in [0.1, 0.15) is 43.6 Å². The van der Waals surface area contributed by atoms with E-state index in [1.54, 1.807) is 0 Å². The highest BCUT2D eigenvalue weighted by atomic mass is 127. The number of nitrogens with zero attached hydrogens (tertiary/aromatic N) is 4. The van der Waals surface area contributed by atoms with Crippen molar-refractivity contribution in [2.75, 3.05) is 33.2 Å². The monoisotopic (exact) mass is 476 g/mol. The molecule has 2 atom stereocenters. The van der Waals surface area contributed by atoms with E-state index in [0.717, 1.165) is 31.2 Å². The molecule has 2 heterocycles. The minimum Gasteiger partial charge on any atom is -0.356 e. The van der Waals surface area contributed by atoms with Crippen LogP contribution in [0, 0.1) is 19.8 Å². The van der Waals surface area contributed by atoms with Crippen LogP contribution < -0.4 is 10.6 Å². The van der Waals surface area contributed by atoms with Crippen molar-refractivity contribution in [3.63, 3.8) is 0 Å². The third-order valence-electron chi connectivity index (χ3n) is 5.38. The van der Waals surface area contributed by atoms with Gasteiger partial charge in [0.2, 0.25) is 0 Å². The fourth-order valence-electron chi connectivity index (χ4n) is 3.74. The van der Waals surface area contributed by atoms with Gasteiger partial charge in [-0.1, -0.05) is 6.92 Å². The third-order valence-corrected chi connectivity index (χ3v) is 5.38. The van der Waals surface area contributed by atoms with E-state index in [1.807, 2.05) is 18.8 Å². The van der Waals surface area contributed by atoms with Gasteiger partial charge in [-0.3, -0.25) is 9.67 Å². The third kappa shape index (κ3) is 6.40. The fraction of sp³-hybridized carbons (Fsp3) is 0.789. The van der Waals surface area contributed by atoms with Gasteiger partial charge in [-0.15, -0.1) is 24.0 Å². The summed E-state index contributed by atoms with van der Waals surface area (Å²) in [4.78, 5) is 6.95. The van der Waals surface area contributed by atoms with Crippen molar-refractivity contribution >= 4 is 29.9 Å². The zero-order valence-electron chi connectivity index (χ0n) is 17.3. The molecule has 0 bridgehead atoms. The summed E-state index contributed by atoms with van der Waals surface area (Å²) in [6.07, 6.45) is 3.57. The van der Waals surface area contributed by atoms with Crippen molar-refractivity contribution in [2.24, 2.45) is 18.0 Å². The number of piperidine rings is 1. The number of aliphatic imine (C=N–C) groups is 1. The second kappa shape index (κ2) is 11.1. The van der Waals surface area contributed by atoms with Crippen LogP contribution in [0.4, 0.5) is 0 Å². The molecule has 0 spiro atoms. The van der Waals surface area contributed by atoms with Gasteiger partial charge in [0.15, 0.2) is 5.96 Å². The molecule has 150 valence electrons. The molecule has 1 aliphatic heterocycles. The average Bonchev–Trinajstić information content (AvgIpc) is 2.84. The zero-order valence-corrected chi connectivity index (χ0v) is 19.6. The van der Waals surface area contributed by atoms with Gasteiger partial charge in [0.25, 0.3) is 0 Å². The standard InChI is InChI=1S/C19H36N6.HI/c1-7-25-10-8-9-17(13-25)12-21-19(20-5)22-14(2)11-18-15(3)23-24(6)16(18)4;/h14,17H,7-13H2,1-6H3,(H2,20,21,22);1H. The summed E-state index contributed by atoms with van der Waals surface area (Å²) in [6.45, 7) is 13.3. The molecule has 1 aromatic rings. The molecule has 0 aromatic carbocycles. The zero-order chi connectivity index (χ0) is 18.4. The van der Waals surface area contributed by atoms with E-state index in [4.69, 9.17) is 0 Å². The molecule has 1 aromatic heterocycles. The summed E-state index contributed by atoms with van der Waals surface area (Å²) < 4.78 is 1.97. The van der Waals surface area contributed by atoms with Crippen LogP contribution in [0.2, 0.25) is 0 Å². The van der Waals surface area contributed by atoms with Crippen LogP contribution in [-0.4, -0.2) is 59.9 Å². The number of hydrogen-bond acceptors (Lipinski definition) is 3. The van der Waals surface area contributed by atoms with Gasteiger partial charge < -0.3 is 15.5 Å². The van der Waals surface area contributed by atoms with Crippen molar-refractivity contribution in [3.05, 3.63) is 17.0 Å². The first kappa shape index (κ1) is 23.2. The first-order chi connectivity index (χ1) is 11.9. The summed E-state index contributed by atoms with van der Waals surface area (Å²) >= 11 is 0. The molecule has 1 aliphatic rings. The molecule has 2 N–H and O–H groups in total. The molecule has 1 fully saturated rings. The number of hydrogen-bond donors (Lipinski definition) is 2. The van der Waals surface area contributed by atoms with E-state index in [0.29, 0.717) is 12.0 Å². The predicted octanol–water partition coefficient (Wildman–Crippen LogP) is 2.48. The highest BCUT2D eigenvalue weighted by molar-refractivity contribution is 14.0. The van der Waals surface area contributed by atoms with E-state index in [9.17, 15) is 0 Å². The Hall–Kier alpha value is -0.830. The molecule has 1 saturated heterocycles. The molecule has 0 amide bonds. The van der Waals surface area contributed by atoms with E-state index in [1.165, 1.54) is 37.2 Å². The fourth-order valence-corrected chi connectivity index (χ4v) is 3.74. The summed E-state index contributed by atoms with van der Waals surface area (Å²) in [5.41, 5.74) is 3.71. The lowest BCUT2D eigenvalue weighted by Crippen LogP contribution is -2.47. The summed E-state index contributed by atoms with van der Waals surface area (Å²) in [6, 6.07) is 0.311. The van der Waals surface area contributed by atoms with Crippen molar-refractivity contribution in [1.82, 2.24) is 25.3 Å². The maximum Gasteiger partial charge on any atom is 0.191 e. The Morgan fingerprint density at radius 3 is 2.69 bits per heavy atom. The number of guanidine groups is 1. The molecule has 6 nitrogen and oxygen atoms in total. The van der Waals surface area contributed by atoms with Gasteiger partial charge in [-0.2, -0.15) is 5.10 Å². The summed E-state index contributed by atoms with van der Waals surface area (Å²) in [5, 5.41) is 11.6. The van der Waals surface area contributed by atoms with E-state index >= 15 is 0 Å². The average molecular weight is 476 g/mol. The lowest BCUT2D eigenvalue weighted by Gasteiger charge is -2.32. The number of aryl methyl sites for hydroxylation is 2. The quantitative estimate of drug-likeness (QED) is 0.377. The van der Waals surface area contributed by atoms with E-state index in [-0.39, 0.29) is 24.0 Å². The largest absolute Gasteiger partial charge is 0.356 e. The van der Waals surface area contributed by atoms with Crippen LogP contribution in [0.5, 0.6) is 0 Å². The molecule has 2 rings (SSSR count). The molecule has 0 radical (unpaired) electrons. The van der Waals surface area contributed by atoms with E-state index in [2.05, 4.69) is 53.3 Å². The van der Waals surface area contributed by atoms with Gasteiger partial charge in [0.1, 0.15) is 0 Å². The predicted molar refractivity (Wildman–Crippen MR) is 121 cm³/mol. The number of nitrogens with one attached hydrogen (secondary N) is 2. The van der Waals surface area contributed by atoms with Gasteiger partial charge in [0, 0.05) is 38.9 Å². The van der Waals surface area contributed by atoms with Crippen LogP contribution in [0.15, 0.2) is 4.99 Å². The maximum atomic E-state index is 4.51. The van der Waals surface area contributed by atoms with Crippen LogP contribution in [0.25, 0.3) is 0 Å². The topological polar surface area (TPSA) is 57.5 Å². The Kier molecular flexibility index (Phi) is 9.92. The number of aromatic nitrogens is 2. The number of halogens is 1.